The summed E-state index contributed by atoms with van der Waals surface area (Å²) in [5, 5.41) is 8.91. The van der Waals surface area contributed by atoms with E-state index in [4.69, 9.17) is 15.7 Å². The van der Waals surface area contributed by atoms with Gasteiger partial charge in [0.1, 0.15) is 17.5 Å². The molecule has 1 aromatic heterocycles. The van der Waals surface area contributed by atoms with Crippen LogP contribution in [0.15, 0.2) is 6.20 Å². The van der Waals surface area contributed by atoms with E-state index in [1.807, 2.05) is 15.9 Å². The van der Waals surface area contributed by atoms with Crippen LogP contribution in [0.5, 0.6) is 0 Å². The average Bonchev–Trinajstić information content (AvgIpc) is 2.88. The van der Waals surface area contributed by atoms with Crippen molar-refractivity contribution in [2.24, 2.45) is 5.92 Å². The van der Waals surface area contributed by atoms with E-state index in [1.165, 1.54) is 6.20 Å². The van der Waals surface area contributed by atoms with Gasteiger partial charge in [0, 0.05) is 45.3 Å². The monoisotopic (exact) mass is 330 g/mol. The number of nitrogens with zero attached hydrogens (tertiary/aromatic N) is 5. The molecule has 2 saturated heterocycles. The first-order valence-corrected chi connectivity index (χ1v) is 8.33. The molecule has 0 aromatic carbocycles. The van der Waals surface area contributed by atoms with Crippen molar-refractivity contribution in [2.45, 2.75) is 19.3 Å². The molecule has 0 atom stereocenters. The lowest BCUT2D eigenvalue weighted by atomic mass is 9.98. The minimum Gasteiger partial charge on any atom is -0.382 e. The molecule has 2 aliphatic heterocycles. The van der Waals surface area contributed by atoms with Gasteiger partial charge in [-0.3, -0.25) is 4.79 Å². The number of carbonyl (C=O) groups is 1. The number of hydrogen-bond donors (Lipinski definition) is 1. The zero-order valence-corrected chi connectivity index (χ0v) is 13.6. The van der Waals surface area contributed by atoms with Crippen LogP contribution in [0.4, 0.5) is 11.8 Å². The van der Waals surface area contributed by atoms with Crippen LogP contribution in [0, 0.1) is 17.2 Å². The van der Waals surface area contributed by atoms with Gasteiger partial charge in [-0.2, -0.15) is 10.2 Å². The molecule has 128 valence electrons. The number of nitrogens with two attached hydrogens (primary N) is 1. The first kappa shape index (κ1) is 16.5. The number of aromatic nitrogens is 2. The Hall–Kier alpha value is -2.40. The van der Waals surface area contributed by atoms with Crippen molar-refractivity contribution in [3.8, 4) is 6.07 Å². The maximum absolute atomic E-state index is 12.7. The standard InChI is InChI=1S/C16H22N6O2/c17-10-13-11-19-16(20-14(13)18)22-5-1-4-21(6-7-22)15(23)12-2-8-24-9-3-12/h11-12H,1-9H2,(H2,18,19,20). The maximum Gasteiger partial charge on any atom is 0.227 e. The summed E-state index contributed by atoms with van der Waals surface area (Å²) in [7, 11) is 0. The third kappa shape index (κ3) is 3.57. The van der Waals surface area contributed by atoms with E-state index in [1.54, 1.807) is 0 Å². The van der Waals surface area contributed by atoms with Gasteiger partial charge in [-0.05, 0) is 19.3 Å². The minimum atomic E-state index is 0.0899. The smallest absolute Gasteiger partial charge is 0.227 e. The molecule has 1 aromatic rings. The number of anilines is 2. The van der Waals surface area contributed by atoms with Gasteiger partial charge in [0.15, 0.2) is 0 Å². The fourth-order valence-corrected chi connectivity index (χ4v) is 3.16. The van der Waals surface area contributed by atoms with Gasteiger partial charge in [0.25, 0.3) is 0 Å². The van der Waals surface area contributed by atoms with Crippen LogP contribution >= 0.6 is 0 Å². The highest BCUT2D eigenvalue weighted by atomic mass is 16.5. The molecule has 3 rings (SSSR count). The zero-order chi connectivity index (χ0) is 16.9. The van der Waals surface area contributed by atoms with Crippen molar-refractivity contribution in [1.82, 2.24) is 14.9 Å². The normalized spacial score (nSPS) is 19.6. The quantitative estimate of drug-likeness (QED) is 0.836. The Balaban J connectivity index is 1.63. The molecule has 0 aliphatic carbocycles. The molecule has 2 N–H and O–H groups in total. The number of rotatable bonds is 2. The Morgan fingerprint density at radius 1 is 1.29 bits per heavy atom. The molecule has 2 aliphatic rings. The summed E-state index contributed by atoms with van der Waals surface area (Å²) in [6, 6.07) is 1.96. The topological polar surface area (TPSA) is 108 Å². The van der Waals surface area contributed by atoms with Crippen molar-refractivity contribution in [1.29, 1.82) is 5.26 Å². The lowest BCUT2D eigenvalue weighted by Gasteiger charge is -2.28. The zero-order valence-electron chi connectivity index (χ0n) is 13.6. The Labute approximate surface area is 141 Å². The summed E-state index contributed by atoms with van der Waals surface area (Å²) >= 11 is 0. The molecular weight excluding hydrogens is 308 g/mol. The number of ether oxygens (including phenoxy) is 1. The summed E-state index contributed by atoms with van der Waals surface area (Å²) in [5.41, 5.74) is 6.06. The number of carbonyl (C=O) groups excluding carboxylic acids is 1. The second kappa shape index (κ2) is 7.45. The third-order valence-corrected chi connectivity index (χ3v) is 4.59. The second-order valence-electron chi connectivity index (χ2n) is 6.13. The van der Waals surface area contributed by atoms with Crippen molar-refractivity contribution in [3.63, 3.8) is 0 Å². The molecule has 0 spiro atoms. The fraction of sp³-hybridized carbons (Fsp3) is 0.625. The lowest BCUT2D eigenvalue weighted by Crippen LogP contribution is -2.40. The van der Waals surface area contributed by atoms with Crippen molar-refractivity contribution >= 4 is 17.7 Å². The molecule has 24 heavy (non-hydrogen) atoms. The second-order valence-corrected chi connectivity index (χ2v) is 6.13. The van der Waals surface area contributed by atoms with Crippen LogP contribution in [0.25, 0.3) is 0 Å². The molecule has 3 heterocycles. The van der Waals surface area contributed by atoms with E-state index in [0.717, 1.165) is 32.4 Å². The summed E-state index contributed by atoms with van der Waals surface area (Å²) in [5.74, 6) is 1.04. The summed E-state index contributed by atoms with van der Waals surface area (Å²) < 4.78 is 5.34. The molecule has 8 nitrogen and oxygen atoms in total. The lowest BCUT2D eigenvalue weighted by molar-refractivity contribution is -0.138. The van der Waals surface area contributed by atoms with Gasteiger partial charge >= 0.3 is 0 Å². The van der Waals surface area contributed by atoms with Crippen LogP contribution in [0.3, 0.4) is 0 Å². The first-order chi connectivity index (χ1) is 11.7. The number of hydrogen-bond acceptors (Lipinski definition) is 7. The van der Waals surface area contributed by atoms with E-state index in [9.17, 15) is 4.79 Å². The first-order valence-electron chi connectivity index (χ1n) is 8.33. The Bertz CT molecular complexity index is 638. The van der Waals surface area contributed by atoms with Crippen LogP contribution < -0.4 is 10.6 Å². The highest BCUT2D eigenvalue weighted by molar-refractivity contribution is 5.79. The predicted octanol–water partition coefficient (Wildman–Crippen LogP) is 0.396. The van der Waals surface area contributed by atoms with Gasteiger partial charge in [-0.15, -0.1) is 0 Å². The highest BCUT2D eigenvalue weighted by Gasteiger charge is 2.28. The Morgan fingerprint density at radius 2 is 2.08 bits per heavy atom. The van der Waals surface area contributed by atoms with E-state index in [0.29, 0.717) is 32.3 Å². The van der Waals surface area contributed by atoms with Crippen molar-refractivity contribution in [3.05, 3.63) is 11.8 Å². The van der Waals surface area contributed by atoms with E-state index in [2.05, 4.69) is 9.97 Å². The molecule has 1 amide bonds. The van der Waals surface area contributed by atoms with Crippen LogP contribution in [-0.2, 0) is 9.53 Å². The van der Waals surface area contributed by atoms with E-state index in [-0.39, 0.29) is 23.2 Å². The van der Waals surface area contributed by atoms with E-state index < -0.39 is 0 Å². The van der Waals surface area contributed by atoms with Gasteiger partial charge in [0.05, 0.1) is 6.20 Å². The van der Waals surface area contributed by atoms with Gasteiger partial charge < -0.3 is 20.3 Å². The van der Waals surface area contributed by atoms with Crippen molar-refractivity contribution in [2.75, 3.05) is 50.0 Å². The third-order valence-electron chi connectivity index (χ3n) is 4.59. The number of amides is 1. The Morgan fingerprint density at radius 3 is 2.79 bits per heavy atom. The summed E-state index contributed by atoms with van der Waals surface area (Å²) in [6.45, 7) is 4.19. The van der Waals surface area contributed by atoms with Crippen LogP contribution in [-0.4, -0.2) is 60.2 Å². The van der Waals surface area contributed by atoms with Crippen molar-refractivity contribution < 1.29 is 9.53 Å². The largest absolute Gasteiger partial charge is 0.382 e. The summed E-state index contributed by atoms with van der Waals surface area (Å²) in [6.07, 6.45) is 3.94. The van der Waals surface area contributed by atoms with Gasteiger partial charge in [0.2, 0.25) is 11.9 Å². The fourth-order valence-electron chi connectivity index (χ4n) is 3.16. The van der Waals surface area contributed by atoms with E-state index >= 15 is 0 Å². The molecule has 0 radical (unpaired) electrons. The minimum absolute atomic E-state index is 0.0899. The molecule has 2 fully saturated rings. The number of nitrogen functional groups attached to an aromatic ring is 1. The van der Waals surface area contributed by atoms with Gasteiger partial charge in [-0.1, -0.05) is 0 Å². The summed E-state index contributed by atoms with van der Waals surface area (Å²) in [4.78, 5) is 25.1. The van der Waals surface area contributed by atoms with Crippen LogP contribution in [0.2, 0.25) is 0 Å². The molecule has 0 bridgehead atoms. The SMILES string of the molecule is N#Cc1cnc(N2CCCN(C(=O)C3CCOCC3)CC2)nc1N. The van der Waals surface area contributed by atoms with Gasteiger partial charge in [-0.25, -0.2) is 4.98 Å². The Kier molecular flexibility index (Phi) is 5.11. The maximum atomic E-state index is 12.7. The number of nitriles is 1. The average molecular weight is 330 g/mol. The van der Waals surface area contributed by atoms with Crippen LogP contribution in [0.1, 0.15) is 24.8 Å². The highest BCUT2D eigenvalue weighted by Crippen LogP contribution is 2.20. The molecular formula is C16H22N6O2. The molecule has 0 unspecified atom stereocenters. The molecule has 0 saturated carbocycles. The predicted molar refractivity (Wildman–Crippen MR) is 88.1 cm³/mol. The molecule has 8 heteroatoms.